The van der Waals surface area contributed by atoms with Gasteiger partial charge in [-0.3, -0.25) is 14.9 Å². The van der Waals surface area contributed by atoms with E-state index in [0.717, 1.165) is 11.8 Å². The number of aryl methyl sites for hydroxylation is 1. The van der Waals surface area contributed by atoms with Crippen molar-refractivity contribution in [2.24, 2.45) is 0 Å². The highest BCUT2D eigenvalue weighted by molar-refractivity contribution is 6.09. The van der Waals surface area contributed by atoms with Crippen molar-refractivity contribution in [3.8, 4) is 17.7 Å². The van der Waals surface area contributed by atoms with Gasteiger partial charge in [0.15, 0.2) is 0 Å². The third-order valence-corrected chi connectivity index (χ3v) is 3.99. The van der Waals surface area contributed by atoms with Crippen molar-refractivity contribution < 1.29 is 14.5 Å². The van der Waals surface area contributed by atoms with Crippen LogP contribution in [0.1, 0.15) is 11.1 Å². The molecule has 2 aromatic carbocycles. The van der Waals surface area contributed by atoms with Gasteiger partial charge >= 0.3 is 0 Å². The molecule has 30 heavy (non-hydrogen) atoms. The van der Waals surface area contributed by atoms with Crippen LogP contribution in [0.15, 0.2) is 72.4 Å². The molecule has 0 unspecified atom stereocenters. The van der Waals surface area contributed by atoms with Crippen molar-refractivity contribution in [1.29, 1.82) is 5.26 Å². The first-order chi connectivity index (χ1) is 14.4. The molecular weight excluding hydrogens is 384 g/mol. The Morgan fingerprint density at radius 2 is 1.97 bits per heavy atom. The van der Waals surface area contributed by atoms with Crippen molar-refractivity contribution in [1.82, 2.24) is 4.98 Å². The van der Waals surface area contributed by atoms with E-state index in [9.17, 15) is 20.2 Å². The van der Waals surface area contributed by atoms with Crippen molar-refractivity contribution >= 4 is 23.4 Å². The summed E-state index contributed by atoms with van der Waals surface area (Å²) in [6.45, 7) is 1.91. The number of nitrogens with zero attached hydrogens (tertiary/aromatic N) is 3. The number of nitro groups is 1. The Kier molecular flexibility index (Phi) is 6.15. The largest absolute Gasteiger partial charge is 0.439 e. The van der Waals surface area contributed by atoms with E-state index in [1.165, 1.54) is 18.2 Å². The molecule has 0 aliphatic heterocycles. The first-order valence-corrected chi connectivity index (χ1v) is 8.83. The topological polar surface area (TPSA) is 118 Å². The van der Waals surface area contributed by atoms with Crippen molar-refractivity contribution in [2.75, 3.05) is 5.32 Å². The third-order valence-electron chi connectivity index (χ3n) is 3.99. The van der Waals surface area contributed by atoms with Crippen molar-refractivity contribution in [2.45, 2.75) is 6.92 Å². The first-order valence-electron chi connectivity index (χ1n) is 8.83. The molecule has 1 aromatic heterocycles. The van der Waals surface area contributed by atoms with E-state index in [1.54, 1.807) is 30.3 Å². The van der Waals surface area contributed by atoms with E-state index < -0.39 is 10.8 Å². The van der Waals surface area contributed by atoms with E-state index in [4.69, 9.17) is 4.74 Å². The molecule has 8 nitrogen and oxygen atoms in total. The standard InChI is InChI=1S/C22H16N4O4/c1-15-3-2-4-18(11-15)25-22(27)17(13-23)12-16-5-8-20(9-6-16)30-21-10-7-19(14-24-21)26(28)29/h2-12,14H,1H3,(H,25,27)/b17-12-. The lowest BCUT2D eigenvalue weighted by Crippen LogP contribution is -2.13. The summed E-state index contributed by atoms with van der Waals surface area (Å²) in [7, 11) is 0. The first kappa shape index (κ1) is 20.2. The lowest BCUT2D eigenvalue weighted by atomic mass is 10.1. The molecule has 1 N–H and O–H groups in total. The maximum absolute atomic E-state index is 12.4. The summed E-state index contributed by atoms with van der Waals surface area (Å²) in [5, 5.41) is 22.7. The van der Waals surface area contributed by atoms with Crippen molar-refractivity contribution in [3.05, 3.63) is 93.7 Å². The summed E-state index contributed by atoms with van der Waals surface area (Å²) in [6, 6.07) is 18.5. The number of carbonyl (C=O) groups excluding carboxylic acids is 1. The number of hydrogen-bond acceptors (Lipinski definition) is 6. The van der Waals surface area contributed by atoms with Gasteiger partial charge in [0.05, 0.1) is 4.92 Å². The fraction of sp³-hybridized carbons (Fsp3) is 0.0455. The second-order valence-electron chi connectivity index (χ2n) is 6.28. The number of nitrogens with one attached hydrogen (secondary N) is 1. The third kappa shape index (κ3) is 5.27. The minimum Gasteiger partial charge on any atom is -0.439 e. The molecular formula is C22H16N4O4. The Morgan fingerprint density at radius 1 is 1.20 bits per heavy atom. The van der Waals surface area contributed by atoms with Crippen LogP contribution in [0.5, 0.6) is 11.6 Å². The van der Waals surface area contributed by atoms with Crippen LogP contribution < -0.4 is 10.1 Å². The van der Waals surface area contributed by atoms with E-state index in [-0.39, 0.29) is 17.1 Å². The van der Waals surface area contributed by atoms with E-state index in [2.05, 4.69) is 10.3 Å². The summed E-state index contributed by atoms with van der Waals surface area (Å²) >= 11 is 0. The zero-order valence-corrected chi connectivity index (χ0v) is 15.9. The molecule has 3 aromatic rings. The predicted octanol–water partition coefficient (Wildman–Crippen LogP) is 4.64. The highest BCUT2D eigenvalue weighted by Gasteiger charge is 2.10. The van der Waals surface area contributed by atoms with Gasteiger partial charge in [-0.05, 0) is 48.4 Å². The van der Waals surface area contributed by atoms with Crippen LogP contribution in [0.25, 0.3) is 6.08 Å². The van der Waals surface area contributed by atoms with Gasteiger partial charge in [0.25, 0.3) is 11.6 Å². The highest BCUT2D eigenvalue weighted by atomic mass is 16.6. The molecule has 0 spiro atoms. The Hall–Kier alpha value is -4.51. The van der Waals surface area contributed by atoms with E-state index in [1.807, 2.05) is 31.2 Å². The highest BCUT2D eigenvalue weighted by Crippen LogP contribution is 2.22. The molecule has 0 saturated heterocycles. The number of hydrogen-bond donors (Lipinski definition) is 1. The van der Waals surface area contributed by atoms with Crippen molar-refractivity contribution in [3.63, 3.8) is 0 Å². The van der Waals surface area contributed by atoms with Gasteiger partial charge < -0.3 is 10.1 Å². The SMILES string of the molecule is Cc1cccc(NC(=O)/C(C#N)=C\c2ccc(Oc3ccc([N+](=O)[O-])cn3)cc2)c1. The number of rotatable bonds is 6. The Bertz CT molecular complexity index is 1150. The number of benzene rings is 2. The van der Waals surface area contributed by atoms with Crippen LogP contribution in [0.4, 0.5) is 11.4 Å². The van der Waals surface area contributed by atoms with Crippen LogP contribution in [0.2, 0.25) is 0 Å². The second-order valence-corrected chi connectivity index (χ2v) is 6.28. The molecule has 148 valence electrons. The quantitative estimate of drug-likeness (QED) is 0.279. The lowest BCUT2D eigenvalue weighted by Gasteiger charge is -2.06. The van der Waals surface area contributed by atoms with Gasteiger partial charge in [-0.15, -0.1) is 0 Å². The van der Waals surface area contributed by atoms with Crippen LogP contribution in [0, 0.1) is 28.4 Å². The molecule has 1 amide bonds. The fourth-order valence-electron chi connectivity index (χ4n) is 2.53. The molecule has 0 saturated carbocycles. The Balaban J connectivity index is 1.69. The smallest absolute Gasteiger partial charge is 0.287 e. The minimum absolute atomic E-state index is 0.0396. The summed E-state index contributed by atoms with van der Waals surface area (Å²) in [5.74, 6) is 0.161. The number of aromatic nitrogens is 1. The zero-order chi connectivity index (χ0) is 21.5. The van der Waals surface area contributed by atoms with Crippen LogP contribution in [-0.4, -0.2) is 15.8 Å². The molecule has 0 atom stereocenters. The maximum Gasteiger partial charge on any atom is 0.287 e. The average molecular weight is 400 g/mol. The van der Waals surface area contributed by atoms with Gasteiger partial charge in [0.2, 0.25) is 5.88 Å². The van der Waals surface area contributed by atoms with E-state index in [0.29, 0.717) is 17.0 Å². The molecule has 1 heterocycles. The van der Waals surface area contributed by atoms with Crippen LogP contribution in [0.3, 0.4) is 0 Å². The second kappa shape index (κ2) is 9.12. The number of anilines is 1. The van der Waals surface area contributed by atoms with Gasteiger partial charge in [-0.2, -0.15) is 5.26 Å². The molecule has 3 rings (SSSR count). The van der Waals surface area contributed by atoms with Gasteiger partial charge in [0, 0.05) is 17.8 Å². The zero-order valence-electron chi connectivity index (χ0n) is 15.9. The lowest BCUT2D eigenvalue weighted by molar-refractivity contribution is -0.385. The summed E-state index contributed by atoms with van der Waals surface area (Å²) in [6.07, 6.45) is 2.58. The molecule has 0 radical (unpaired) electrons. The van der Waals surface area contributed by atoms with Crippen LogP contribution in [-0.2, 0) is 4.79 Å². The molecule has 0 bridgehead atoms. The van der Waals surface area contributed by atoms with Gasteiger partial charge in [-0.25, -0.2) is 4.98 Å². The maximum atomic E-state index is 12.4. The average Bonchev–Trinajstić information content (AvgIpc) is 2.73. The number of ether oxygens (including phenoxy) is 1. The predicted molar refractivity (Wildman–Crippen MR) is 111 cm³/mol. The monoisotopic (exact) mass is 400 g/mol. The molecule has 8 heteroatoms. The normalized spacial score (nSPS) is 10.7. The number of carbonyl (C=O) groups is 1. The number of nitriles is 1. The van der Waals surface area contributed by atoms with Gasteiger partial charge in [-0.1, -0.05) is 24.3 Å². The summed E-state index contributed by atoms with van der Waals surface area (Å²) in [5.41, 5.74) is 2.07. The molecule has 0 aliphatic carbocycles. The Morgan fingerprint density at radius 3 is 2.57 bits per heavy atom. The van der Waals surface area contributed by atoms with E-state index >= 15 is 0 Å². The molecule has 0 aliphatic rings. The summed E-state index contributed by atoms with van der Waals surface area (Å²) in [4.78, 5) is 26.3. The molecule has 0 fully saturated rings. The Labute approximate surface area is 172 Å². The fourth-order valence-corrected chi connectivity index (χ4v) is 2.53. The number of amides is 1. The minimum atomic E-state index is -0.542. The summed E-state index contributed by atoms with van der Waals surface area (Å²) < 4.78 is 5.54. The number of pyridine rings is 1. The van der Waals surface area contributed by atoms with Crippen LogP contribution >= 0.6 is 0 Å². The van der Waals surface area contributed by atoms with Gasteiger partial charge in [0.1, 0.15) is 23.6 Å².